The summed E-state index contributed by atoms with van der Waals surface area (Å²) in [5, 5.41) is 12.6. The van der Waals surface area contributed by atoms with Crippen LogP contribution in [0, 0.1) is 6.92 Å². The Labute approximate surface area is 190 Å². The number of hydrogen-bond acceptors (Lipinski definition) is 7. The maximum Gasteiger partial charge on any atom is 0.250 e. The lowest BCUT2D eigenvalue weighted by Crippen LogP contribution is -2.41. The molecule has 3 heterocycles. The lowest BCUT2D eigenvalue weighted by Gasteiger charge is -2.26. The second kappa shape index (κ2) is 9.33. The first kappa shape index (κ1) is 21.0. The molecule has 5 rings (SSSR count). The Morgan fingerprint density at radius 1 is 1.09 bits per heavy atom. The average Bonchev–Trinajstić information content (AvgIpc) is 3.49. The molecule has 1 amide bonds. The van der Waals surface area contributed by atoms with Gasteiger partial charge < -0.3 is 14.2 Å². The number of benzene rings is 2. The lowest BCUT2D eigenvalue weighted by molar-refractivity contribution is -0.135. The van der Waals surface area contributed by atoms with Gasteiger partial charge in [-0.25, -0.2) is 4.68 Å². The number of morpholine rings is 1. The second-order valence-electron chi connectivity index (χ2n) is 7.96. The van der Waals surface area contributed by atoms with Gasteiger partial charge >= 0.3 is 0 Å². The van der Waals surface area contributed by atoms with Crippen molar-refractivity contribution in [3.05, 3.63) is 59.5 Å². The Morgan fingerprint density at radius 2 is 1.91 bits per heavy atom. The SMILES string of the molecule is Cc1ccc(C=Cc2nc(-c3ccc4c(c3)nnn4CCC(=O)N3CCOCC3)no2)cc1. The highest BCUT2D eigenvalue weighted by molar-refractivity contribution is 5.80. The Balaban J connectivity index is 1.26. The maximum absolute atomic E-state index is 12.4. The lowest BCUT2D eigenvalue weighted by atomic mass is 10.1. The molecule has 168 valence electrons. The van der Waals surface area contributed by atoms with Gasteiger partial charge in [0, 0.05) is 31.1 Å². The van der Waals surface area contributed by atoms with Gasteiger partial charge in [0.25, 0.3) is 5.89 Å². The van der Waals surface area contributed by atoms with Crippen LogP contribution >= 0.6 is 0 Å². The molecule has 1 saturated heterocycles. The van der Waals surface area contributed by atoms with Crippen LogP contribution in [0.4, 0.5) is 0 Å². The predicted octanol–water partition coefficient (Wildman–Crippen LogP) is 3.21. The summed E-state index contributed by atoms with van der Waals surface area (Å²) in [6.07, 6.45) is 4.10. The Hall–Kier alpha value is -3.85. The van der Waals surface area contributed by atoms with E-state index in [1.807, 2.05) is 41.3 Å². The van der Waals surface area contributed by atoms with Crippen molar-refractivity contribution in [1.29, 1.82) is 0 Å². The quantitative estimate of drug-likeness (QED) is 0.450. The molecule has 0 radical (unpaired) electrons. The van der Waals surface area contributed by atoms with Crippen molar-refractivity contribution in [3.8, 4) is 11.4 Å². The summed E-state index contributed by atoms with van der Waals surface area (Å²) in [5.41, 5.74) is 4.63. The number of fused-ring (bicyclic) bond motifs is 1. The van der Waals surface area contributed by atoms with Crippen molar-refractivity contribution >= 4 is 29.1 Å². The van der Waals surface area contributed by atoms with Crippen LogP contribution in [0.2, 0.25) is 0 Å². The van der Waals surface area contributed by atoms with E-state index in [2.05, 4.69) is 39.5 Å². The number of carbonyl (C=O) groups excluding carboxylic acids is 1. The molecule has 9 heteroatoms. The number of nitrogens with zero attached hydrogens (tertiary/aromatic N) is 6. The monoisotopic (exact) mass is 444 g/mol. The van der Waals surface area contributed by atoms with Gasteiger partial charge in [-0.15, -0.1) is 5.10 Å². The van der Waals surface area contributed by atoms with E-state index in [0.717, 1.165) is 16.6 Å². The molecule has 0 atom stereocenters. The first-order chi connectivity index (χ1) is 16.2. The summed E-state index contributed by atoms with van der Waals surface area (Å²) in [6, 6.07) is 13.9. The molecule has 1 aliphatic heterocycles. The highest BCUT2D eigenvalue weighted by Gasteiger charge is 2.17. The summed E-state index contributed by atoms with van der Waals surface area (Å²) in [7, 11) is 0. The van der Waals surface area contributed by atoms with E-state index in [0.29, 0.717) is 56.5 Å². The van der Waals surface area contributed by atoms with E-state index < -0.39 is 0 Å². The van der Waals surface area contributed by atoms with E-state index in [-0.39, 0.29) is 5.91 Å². The smallest absolute Gasteiger partial charge is 0.250 e. The van der Waals surface area contributed by atoms with Crippen LogP contribution in [0.5, 0.6) is 0 Å². The van der Waals surface area contributed by atoms with Crippen molar-refractivity contribution in [2.45, 2.75) is 19.9 Å². The predicted molar refractivity (Wildman–Crippen MR) is 123 cm³/mol. The van der Waals surface area contributed by atoms with Crippen LogP contribution in [0.15, 0.2) is 47.0 Å². The van der Waals surface area contributed by atoms with Gasteiger partial charge in [-0.05, 0) is 36.8 Å². The van der Waals surface area contributed by atoms with Gasteiger partial charge in [-0.1, -0.05) is 40.2 Å². The molecule has 0 spiro atoms. The van der Waals surface area contributed by atoms with Crippen molar-refractivity contribution in [3.63, 3.8) is 0 Å². The number of amides is 1. The summed E-state index contributed by atoms with van der Waals surface area (Å²) >= 11 is 0. The molecule has 0 bridgehead atoms. The minimum absolute atomic E-state index is 0.108. The number of hydrogen-bond donors (Lipinski definition) is 0. The van der Waals surface area contributed by atoms with Crippen LogP contribution < -0.4 is 0 Å². The number of rotatable bonds is 6. The van der Waals surface area contributed by atoms with Crippen molar-refractivity contribution < 1.29 is 14.1 Å². The third kappa shape index (κ3) is 4.83. The minimum atomic E-state index is 0.108. The molecule has 4 aromatic rings. The van der Waals surface area contributed by atoms with E-state index >= 15 is 0 Å². The van der Waals surface area contributed by atoms with E-state index in [1.165, 1.54) is 5.56 Å². The van der Waals surface area contributed by atoms with Crippen LogP contribution in [0.25, 0.3) is 34.6 Å². The molecule has 2 aromatic heterocycles. The molecule has 9 nitrogen and oxygen atoms in total. The molecule has 1 fully saturated rings. The van der Waals surface area contributed by atoms with Crippen LogP contribution in [0.1, 0.15) is 23.4 Å². The number of aromatic nitrogens is 5. The van der Waals surface area contributed by atoms with Crippen molar-refractivity contribution in [1.82, 2.24) is 30.0 Å². The average molecular weight is 444 g/mol. The molecule has 0 saturated carbocycles. The van der Waals surface area contributed by atoms with Crippen LogP contribution in [-0.4, -0.2) is 62.2 Å². The first-order valence-corrected chi connectivity index (χ1v) is 10.9. The Bertz CT molecular complexity index is 1290. The van der Waals surface area contributed by atoms with Crippen molar-refractivity contribution in [2.24, 2.45) is 0 Å². The van der Waals surface area contributed by atoms with Crippen LogP contribution in [-0.2, 0) is 16.1 Å². The zero-order chi connectivity index (χ0) is 22.6. The van der Waals surface area contributed by atoms with Gasteiger partial charge in [0.1, 0.15) is 5.52 Å². The summed E-state index contributed by atoms with van der Waals surface area (Å²) in [5.74, 6) is 1.02. The van der Waals surface area contributed by atoms with Gasteiger partial charge in [-0.2, -0.15) is 4.98 Å². The third-order valence-electron chi connectivity index (χ3n) is 5.61. The number of ether oxygens (including phenoxy) is 1. The summed E-state index contributed by atoms with van der Waals surface area (Å²) in [4.78, 5) is 18.7. The van der Waals surface area contributed by atoms with Gasteiger partial charge in [0.05, 0.1) is 25.3 Å². The fourth-order valence-electron chi connectivity index (χ4n) is 3.71. The molecule has 33 heavy (non-hydrogen) atoms. The maximum atomic E-state index is 12.4. The van der Waals surface area contributed by atoms with Crippen molar-refractivity contribution in [2.75, 3.05) is 26.3 Å². The molecule has 1 aliphatic rings. The first-order valence-electron chi connectivity index (χ1n) is 10.9. The topological polar surface area (TPSA) is 99.2 Å². The van der Waals surface area contributed by atoms with E-state index in [4.69, 9.17) is 9.26 Å². The normalized spacial score (nSPS) is 14.4. The second-order valence-corrected chi connectivity index (χ2v) is 7.96. The third-order valence-corrected chi connectivity index (χ3v) is 5.61. The molecule has 0 unspecified atom stereocenters. The Morgan fingerprint density at radius 3 is 2.73 bits per heavy atom. The highest BCUT2D eigenvalue weighted by atomic mass is 16.5. The van der Waals surface area contributed by atoms with E-state index in [1.54, 1.807) is 10.8 Å². The molecule has 0 N–H and O–H groups in total. The minimum Gasteiger partial charge on any atom is -0.378 e. The van der Waals surface area contributed by atoms with Gasteiger partial charge in [-0.3, -0.25) is 4.79 Å². The van der Waals surface area contributed by atoms with E-state index in [9.17, 15) is 4.79 Å². The molecular weight excluding hydrogens is 420 g/mol. The van der Waals surface area contributed by atoms with Gasteiger partial charge in [0.15, 0.2) is 0 Å². The standard InChI is InChI=1S/C24H24N6O3/c1-17-2-4-18(5-3-17)6-9-22-25-24(27-33-22)19-7-8-21-20(16-19)26-28-30(21)11-10-23(31)29-12-14-32-15-13-29/h2-9,16H,10-15H2,1H3. The molecule has 0 aliphatic carbocycles. The largest absolute Gasteiger partial charge is 0.378 e. The van der Waals surface area contributed by atoms with Gasteiger partial charge in [0.2, 0.25) is 11.7 Å². The van der Waals surface area contributed by atoms with Crippen LogP contribution in [0.3, 0.4) is 0 Å². The fraction of sp³-hybridized carbons (Fsp3) is 0.292. The summed E-state index contributed by atoms with van der Waals surface area (Å²) < 4.78 is 12.4. The zero-order valence-electron chi connectivity index (χ0n) is 18.3. The number of carbonyl (C=O) groups is 1. The fourth-order valence-corrected chi connectivity index (χ4v) is 3.71. The molecule has 2 aromatic carbocycles. The number of aryl methyl sites for hydroxylation is 2. The summed E-state index contributed by atoms with van der Waals surface area (Å²) in [6.45, 7) is 5.02. The Kier molecular flexibility index (Phi) is 5.95. The highest BCUT2D eigenvalue weighted by Crippen LogP contribution is 2.22. The zero-order valence-corrected chi connectivity index (χ0v) is 18.3. The molecular formula is C24H24N6O3.